The monoisotopic (exact) mass is 137 g/mol. The topological polar surface area (TPSA) is 73.3 Å². The molecule has 0 spiro atoms. The first-order valence-electron chi connectivity index (χ1n) is 2.52. The van der Waals surface area contributed by atoms with Gasteiger partial charge in [-0.25, -0.2) is 5.59 Å². The smallest absolute Gasteiger partial charge is 0.260 e. The molecule has 10 heavy (non-hydrogen) atoms. The maximum absolute atomic E-state index is 10.6. The van der Waals surface area contributed by atoms with Gasteiger partial charge < -0.3 is 23.0 Å². The van der Waals surface area contributed by atoms with Crippen molar-refractivity contribution >= 4 is 13.4 Å². The van der Waals surface area contributed by atoms with Crippen LogP contribution in [0.15, 0.2) is 11.0 Å². The Morgan fingerprint density at radius 3 is 2.60 bits per heavy atom. The molecule has 0 fully saturated rings. The van der Waals surface area contributed by atoms with E-state index >= 15 is 0 Å². The van der Waals surface area contributed by atoms with Gasteiger partial charge in [-0.1, -0.05) is 0 Å². The largest absolute Gasteiger partial charge is 0.551 e. The van der Waals surface area contributed by atoms with Gasteiger partial charge in [-0.15, -0.1) is 0 Å². The molecular formula is C5H4BNO3-. The van der Waals surface area contributed by atoms with Gasteiger partial charge in [-0.05, 0) is 0 Å². The van der Waals surface area contributed by atoms with Crippen molar-refractivity contribution in [1.82, 2.24) is 4.98 Å². The van der Waals surface area contributed by atoms with Crippen molar-refractivity contribution in [3.63, 3.8) is 0 Å². The van der Waals surface area contributed by atoms with E-state index in [4.69, 9.17) is 18.1 Å². The highest BCUT2D eigenvalue weighted by atomic mass is 16.3. The molecule has 0 aliphatic carbocycles. The Balaban J connectivity index is 3.50. The summed E-state index contributed by atoms with van der Waals surface area (Å²) in [6.07, 6.45) is 1.01. The van der Waals surface area contributed by atoms with Crippen LogP contribution in [0.4, 0.5) is 0 Å². The minimum absolute atomic E-state index is 0.150. The van der Waals surface area contributed by atoms with E-state index in [1.54, 1.807) is 0 Å². The van der Waals surface area contributed by atoms with E-state index in [0.717, 1.165) is 6.20 Å². The lowest BCUT2D eigenvalue weighted by atomic mass is 10.0. The Hall–Kier alpha value is -1.39. The average Bonchev–Trinajstić information content (AvgIpc) is 1.93. The summed E-state index contributed by atoms with van der Waals surface area (Å²) < 4.78 is 0. The van der Waals surface area contributed by atoms with Gasteiger partial charge in [-0.3, -0.25) is 4.79 Å². The second-order valence-corrected chi connectivity index (χ2v) is 1.77. The summed E-state index contributed by atoms with van der Waals surface area (Å²) in [6, 6.07) is 0. The van der Waals surface area contributed by atoms with Crippen LogP contribution >= 0.6 is 0 Å². The van der Waals surface area contributed by atoms with Crippen molar-refractivity contribution in [2.45, 2.75) is 0 Å². The van der Waals surface area contributed by atoms with Gasteiger partial charge >= 0.3 is 0 Å². The number of hydrogen-bond acceptors (Lipinski definition) is 3. The third-order valence-electron chi connectivity index (χ3n) is 1.07. The van der Waals surface area contributed by atoms with Crippen molar-refractivity contribution in [1.29, 1.82) is 0 Å². The lowest BCUT2D eigenvalue weighted by molar-refractivity contribution is 0.440. The van der Waals surface area contributed by atoms with E-state index in [1.165, 1.54) is 0 Å². The molecule has 51 valence electrons. The Morgan fingerprint density at radius 1 is 1.50 bits per heavy atom. The average molecular weight is 137 g/mol. The molecule has 0 bridgehead atoms. The molecule has 0 aliphatic rings. The Kier molecular flexibility index (Phi) is 1.41. The van der Waals surface area contributed by atoms with E-state index in [0.29, 0.717) is 0 Å². The first-order valence-corrected chi connectivity index (χ1v) is 2.52. The molecule has 1 aromatic rings. The summed E-state index contributed by atoms with van der Waals surface area (Å²) in [5, 5.41) is 17.4. The third-order valence-corrected chi connectivity index (χ3v) is 1.07. The van der Waals surface area contributed by atoms with Gasteiger partial charge in [0, 0.05) is 6.20 Å². The summed E-state index contributed by atoms with van der Waals surface area (Å²) >= 11 is 0. The van der Waals surface area contributed by atoms with Gasteiger partial charge in [0.1, 0.15) is 5.75 Å². The van der Waals surface area contributed by atoms with E-state index < -0.39 is 16.9 Å². The second kappa shape index (κ2) is 2.09. The van der Waals surface area contributed by atoms with Crippen molar-refractivity contribution in [3.8, 4) is 11.5 Å². The van der Waals surface area contributed by atoms with Gasteiger partial charge in [0.15, 0.2) is 5.75 Å². The number of hydrogen-bond donors (Lipinski definition) is 3. The zero-order valence-corrected chi connectivity index (χ0v) is 4.96. The summed E-state index contributed by atoms with van der Waals surface area (Å²) in [4.78, 5) is 12.9. The molecule has 0 saturated carbocycles. The molecular weight excluding hydrogens is 133 g/mol. The van der Waals surface area contributed by atoms with Crippen LogP contribution in [0.2, 0.25) is 0 Å². The maximum atomic E-state index is 10.6. The first-order chi connectivity index (χ1) is 4.63. The van der Waals surface area contributed by atoms with Gasteiger partial charge in [0.25, 0.3) is 5.43 Å². The molecule has 0 unspecified atom stereocenters. The first kappa shape index (κ1) is 6.73. The highest BCUT2D eigenvalue weighted by Gasteiger charge is 1.98. The fourth-order valence-corrected chi connectivity index (χ4v) is 0.524. The SMILES string of the molecule is [B-]c1[nH]cc(O)c(=O)c1O. The fraction of sp³-hybridized carbons (Fsp3) is 0. The number of pyridine rings is 1. The normalized spacial score (nSPS) is 9.70. The van der Waals surface area contributed by atoms with Crippen LogP contribution in [-0.2, 0) is 0 Å². The Labute approximate surface area is 57.6 Å². The predicted octanol–water partition coefficient (Wildman–Crippen LogP) is -1.42. The number of aromatic amines is 1. The molecule has 3 N–H and O–H groups in total. The van der Waals surface area contributed by atoms with Gasteiger partial charge in [-0.2, -0.15) is 0 Å². The second-order valence-electron chi connectivity index (χ2n) is 1.77. The van der Waals surface area contributed by atoms with E-state index in [2.05, 4.69) is 4.98 Å². The minimum atomic E-state index is -0.865. The van der Waals surface area contributed by atoms with Crippen molar-refractivity contribution in [3.05, 3.63) is 16.4 Å². The van der Waals surface area contributed by atoms with Crippen LogP contribution in [0.5, 0.6) is 11.5 Å². The minimum Gasteiger partial charge on any atom is -0.551 e. The van der Waals surface area contributed by atoms with Crippen LogP contribution in [0.3, 0.4) is 0 Å². The maximum Gasteiger partial charge on any atom is 0.260 e. The molecule has 0 aromatic carbocycles. The third kappa shape index (κ3) is 0.855. The standard InChI is InChI=1S/C5H4BNO3/c6-5-4(10)3(9)2(8)1-7-5/h1,8,10H,(H,7,9)/q-1. The van der Waals surface area contributed by atoms with Gasteiger partial charge in [0.2, 0.25) is 0 Å². The molecule has 3 radical (unpaired) electrons. The molecule has 4 nitrogen and oxygen atoms in total. The Morgan fingerprint density at radius 2 is 2.10 bits per heavy atom. The Bertz CT molecular complexity index is 306. The molecule has 1 aromatic heterocycles. The highest BCUT2D eigenvalue weighted by molar-refractivity contribution is 6.32. The van der Waals surface area contributed by atoms with Gasteiger partial charge in [0.05, 0.1) is 0 Å². The summed E-state index contributed by atoms with van der Waals surface area (Å²) in [5.74, 6) is -1.20. The van der Waals surface area contributed by atoms with Crippen LogP contribution in [0.25, 0.3) is 0 Å². The molecule has 1 heterocycles. The van der Waals surface area contributed by atoms with E-state index in [9.17, 15) is 4.79 Å². The zero-order chi connectivity index (χ0) is 7.72. The van der Waals surface area contributed by atoms with E-state index in [-0.39, 0.29) is 5.59 Å². The van der Waals surface area contributed by atoms with Crippen LogP contribution in [-0.4, -0.2) is 23.0 Å². The predicted molar refractivity (Wildman–Crippen MR) is 35.8 cm³/mol. The number of H-pyrrole nitrogens is 1. The zero-order valence-electron chi connectivity index (χ0n) is 4.96. The molecule has 1 rings (SSSR count). The van der Waals surface area contributed by atoms with Crippen molar-refractivity contribution < 1.29 is 10.2 Å². The molecule has 0 atom stereocenters. The van der Waals surface area contributed by atoms with Crippen LogP contribution in [0.1, 0.15) is 0 Å². The molecule has 0 amide bonds. The number of aromatic nitrogens is 1. The number of nitrogens with one attached hydrogen (secondary N) is 1. The molecule has 0 saturated heterocycles. The van der Waals surface area contributed by atoms with Crippen LogP contribution in [0, 0.1) is 0 Å². The van der Waals surface area contributed by atoms with Crippen molar-refractivity contribution in [2.24, 2.45) is 0 Å². The number of rotatable bonds is 0. The lowest BCUT2D eigenvalue weighted by Gasteiger charge is -2.08. The summed E-state index contributed by atoms with van der Waals surface area (Å²) in [5.41, 5.74) is -1.01. The van der Waals surface area contributed by atoms with Crippen molar-refractivity contribution in [2.75, 3.05) is 0 Å². The number of aromatic hydroxyl groups is 2. The fourth-order valence-electron chi connectivity index (χ4n) is 0.524. The lowest BCUT2D eigenvalue weighted by Crippen LogP contribution is -2.16. The quantitative estimate of drug-likeness (QED) is 0.384. The molecule has 0 aliphatic heterocycles. The highest BCUT2D eigenvalue weighted by Crippen LogP contribution is 2.00. The molecule has 5 heteroatoms. The van der Waals surface area contributed by atoms with Crippen LogP contribution < -0.4 is 11.0 Å². The summed E-state index contributed by atoms with van der Waals surface area (Å²) in [6.45, 7) is 0. The van der Waals surface area contributed by atoms with E-state index in [1.807, 2.05) is 0 Å². The summed E-state index contributed by atoms with van der Waals surface area (Å²) in [7, 11) is 5.07.